The van der Waals surface area contributed by atoms with E-state index in [-0.39, 0.29) is 0 Å². The highest BCUT2D eigenvalue weighted by Crippen LogP contribution is 2.31. The fourth-order valence-electron chi connectivity index (χ4n) is 2.97. The molecule has 1 heterocycles. The highest BCUT2D eigenvalue weighted by molar-refractivity contribution is 5.98. The average Bonchev–Trinajstić information content (AvgIpc) is 2.38. The predicted molar refractivity (Wildman–Crippen MR) is 77.0 cm³/mol. The second-order valence-corrected chi connectivity index (χ2v) is 5.44. The van der Waals surface area contributed by atoms with Gasteiger partial charge in [0, 0.05) is 13.1 Å². The van der Waals surface area contributed by atoms with Crippen LogP contribution in [0.1, 0.15) is 43.0 Å². The zero-order valence-electron chi connectivity index (χ0n) is 11.6. The molecular weight excluding hydrogens is 240 g/mol. The van der Waals surface area contributed by atoms with Crippen LogP contribution >= 0.6 is 0 Å². The molecule has 1 saturated carbocycles. The predicted octanol–water partition coefficient (Wildman–Crippen LogP) is 1.78. The Morgan fingerprint density at radius 3 is 2.74 bits per heavy atom. The molecule has 1 amide bonds. The number of amides is 1. The molecule has 1 fully saturated rings. The van der Waals surface area contributed by atoms with Crippen molar-refractivity contribution in [3.8, 4) is 0 Å². The number of primary amides is 1. The molecule has 1 aromatic heterocycles. The van der Waals surface area contributed by atoms with Crippen LogP contribution in [-0.2, 0) is 0 Å². The molecule has 5 heteroatoms. The lowest BCUT2D eigenvalue weighted by atomic mass is 9.85. The number of pyridine rings is 1. The Kier molecular flexibility index (Phi) is 3.93. The number of nitrogens with two attached hydrogens (primary N) is 2. The first-order chi connectivity index (χ1) is 9.00. The molecule has 19 heavy (non-hydrogen) atoms. The van der Waals surface area contributed by atoms with Gasteiger partial charge in [0.1, 0.15) is 5.82 Å². The van der Waals surface area contributed by atoms with Gasteiger partial charge in [-0.2, -0.15) is 0 Å². The number of carbonyl (C=O) groups excluding carboxylic acids is 1. The number of anilines is 2. The van der Waals surface area contributed by atoms with E-state index in [4.69, 9.17) is 11.5 Å². The van der Waals surface area contributed by atoms with E-state index >= 15 is 0 Å². The molecule has 5 nitrogen and oxygen atoms in total. The van der Waals surface area contributed by atoms with Crippen molar-refractivity contribution < 1.29 is 4.79 Å². The van der Waals surface area contributed by atoms with Crippen molar-refractivity contribution in [2.45, 2.75) is 38.6 Å². The molecule has 1 aromatic rings. The van der Waals surface area contributed by atoms with Crippen LogP contribution in [0.15, 0.2) is 12.3 Å². The van der Waals surface area contributed by atoms with Gasteiger partial charge in [-0.25, -0.2) is 4.98 Å². The molecule has 4 N–H and O–H groups in total. The van der Waals surface area contributed by atoms with E-state index in [0.29, 0.717) is 29.0 Å². The number of aromatic nitrogens is 1. The van der Waals surface area contributed by atoms with Gasteiger partial charge in [0.2, 0.25) is 0 Å². The molecule has 1 aliphatic rings. The monoisotopic (exact) mass is 262 g/mol. The highest BCUT2D eigenvalue weighted by atomic mass is 16.1. The molecule has 0 spiro atoms. The minimum absolute atomic E-state index is 0.403. The van der Waals surface area contributed by atoms with Crippen molar-refractivity contribution in [3.63, 3.8) is 0 Å². The topological polar surface area (TPSA) is 85.2 Å². The smallest absolute Gasteiger partial charge is 0.252 e. The van der Waals surface area contributed by atoms with Crippen LogP contribution in [0, 0.1) is 5.92 Å². The van der Waals surface area contributed by atoms with Gasteiger partial charge >= 0.3 is 0 Å². The Labute approximate surface area is 114 Å². The first-order valence-electron chi connectivity index (χ1n) is 6.79. The van der Waals surface area contributed by atoms with Crippen LogP contribution in [0.2, 0.25) is 0 Å². The molecular formula is C14H22N4O. The van der Waals surface area contributed by atoms with E-state index in [0.717, 1.165) is 6.42 Å². The van der Waals surface area contributed by atoms with Crippen molar-refractivity contribution in [2.24, 2.45) is 11.7 Å². The lowest BCUT2D eigenvalue weighted by Gasteiger charge is -2.37. The number of hydrogen-bond donors (Lipinski definition) is 2. The lowest BCUT2D eigenvalue weighted by Crippen LogP contribution is -2.40. The number of nitrogens with zero attached hydrogens (tertiary/aromatic N) is 2. The summed E-state index contributed by atoms with van der Waals surface area (Å²) in [5.74, 6) is 0.754. The third-order valence-corrected chi connectivity index (χ3v) is 4.05. The van der Waals surface area contributed by atoms with E-state index < -0.39 is 5.91 Å². The quantitative estimate of drug-likeness (QED) is 0.869. The van der Waals surface area contributed by atoms with Gasteiger partial charge in [-0.3, -0.25) is 4.79 Å². The largest absolute Gasteiger partial charge is 0.397 e. The number of hydrogen-bond acceptors (Lipinski definition) is 4. The molecule has 0 radical (unpaired) electrons. The molecule has 0 aliphatic heterocycles. The molecule has 0 saturated heterocycles. The Bertz CT molecular complexity index is 475. The summed E-state index contributed by atoms with van der Waals surface area (Å²) in [5.41, 5.74) is 12.0. The molecule has 104 valence electrons. The van der Waals surface area contributed by atoms with Gasteiger partial charge in [0.25, 0.3) is 5.91 Å². The van der Waals surface area contributed by atoms with Crippen LogP contribution < -0.4 is 16.4 Å². The van der Waals surface area contributed by atoms with Crippen molar-refractivity contribution in [1.82, 2.24) is 4.98 Å². The summed E-state index contributed by atoms with van der Waals surface area (Å²) in [7, 11) is 1.98. The molecule has 2 atom stereocenters. The van der Waals surface area contributed by atoms with E-state index in [1.54, 1.807) is 12.3 Å². The summed E-state index contributed by atoms with van der Waals surface area (Å²) < 4.78 is 0. The Morgan fingerprint density at radius 2 is 2.11 bits per heavy atom. The van der Waals surface area contributed by atoms with Gasteiger partial charge in [0.05, 0.1) is 17.4 Å². The van der Waals surface area contributed by atoms with Crippen molar-refractivity contribution in [1.29, 1.82) is 0 Å². The zero-order chi connectivity index (χ0) is 14.0. The average molecular weight is 262 g/mol. The Morgan fingerprint density at radius 1 is 1.42 bits per heavy atom. The Hall–Kier alpha value is -1.78. The van der Waals surface area contributed by atoms with Crippen LogP contribution in [0.5, 0.6) is 0 Å². The summed E-state index contributed by atoms with van der Waals surface area (Å²) in [5, 5.41) is 0. The van der Waals surface area contributed by atoms with Crippen LogP contribution in [0.3, 0.4) is 0 Å². The standard InChI is InChI=1S/C14H22N4O/c1-9-5-3-4-6-12(9)18(2)14-11(13(16)19)7-10(15)8-17-14/h7-9,12H,3-6,15H2,1-2H3,(H2,16,19). The summed E-state index contributed by atoms with van der Waals surface area (Å²) in [6, 6.07) is 2.01. The maximum Gasteiger partial charge on any atom is 0.252 e. The Balaban J connectivity index is 2.32. The van der Waals surface area contributed by atoms with Gasteiger partial charge in [0.15, 0.2) is 0 Å². The fourth-order valence-corrected chi connectivity index (χ4v) is 2.97. The molecule has 1 aliphatic carbocycles. The van der Waals surface area contributed by atoms with Crippen LogP contribution in [0.4, 0.5) is 11.5 Å². The second kappa shape index (κ2) is 5.47. The van der Waals surface area contributed by atoms with Crippen LogP contribution in [-0.4, -0.2) is 24.0 Å². The van der Waals surface area contributed by atoms with Crippen molar-refractivity contribution >= 4 is 17.4 Å². The van der Waals surface area contributed by atoms with Gasteiger partial charge < -0.3 is 16.4 Å². The minimum atomic E-state index is -0.481. The minimum Gasteiger partial charge on any atom is -0.397 e. The maximum atomic E-state index is 11.5. The van der Waals surface area contributed by atoms with Crippen molar-refractivity contribution in [2.75, 3.05) is 17.7 Å². The molecule has 0 bridgehead atoms. The van der Waals surface area contributed by atoms with E-state index in [1.165, 1.54) is 19.3 Å². The van der Waals surface area contributed by atoms with Crippen LogP contribution in [0.25, 0.3) is 0 Å². The number of rotatable bonds is 3. The molecule has 2 unspecified atom stereocenters. The van der Waals surface area contributed by atoms with E-state index in [2.05, 4.69) is 16.8 Å². The molecule has 2 rings (SSSR count). The van der Waals surface area contributed by atoms with Crippen molar-refractivity contribution in [3.05, 3.63) is 17.8 Å². The summed E-state index contributed by atoms with van der Waals surface area (Å²) in [6.45, 7) is 2.25. The third kappa shape index (κ3) is 2.80. The van der Waals surface area contributed by atoms with Gasteiger partial charge in [-0.15, -0.1) is 0 Å². The van der Waals surface area contributed by atoms with Gasteiger partial charge in [-0.1, -0.05) is 19.8 Å². The number of carbonyl (C=O) groups is 1. The maximum absolute atomic E-state index is 11.5. The number of nitrogen functional groups attached to an aromatic ring is 1. The van der Waals surface area contributed by atoms with E-state index in [9.17, 15) is 4.79 Å². The summed E-state index contributed by atoms with van der Waals surface area (Å²) >= 11 is 0. The highest BCUT2D eigenvalue weighted by Gasteiger charge is 2.27. The lowest BCUT2D eigenvalue weighted by molar-refractivity contribution is 0.1000. The first-order valence-corrected chi connectivity index (χ1v) is 6.79. The first kappa shape index (κ1) is 13.6. The summed E-state index contributed by atoms with van der Waals surface area (Å²) in [6.07, 6.45) is 6.42. The normalized spacial score (nSPS) is 23.1. The zero-order valence-corrected chi connectivity index (χ0v) is 11.6. The third-order valence-electron chi connectivity index (χ3n) is 4.05. The second-order valence-electron chi connectivity index (χ2n) is 5.44. The SMILES string of the molecule is CC1CCCCC1N(C)c1ncc(N)cc1C(N)=O. The summed E-state index contributed by atoms with van der Waals surface area (Å²) in [4.78, 5) is 17.9. The fraction of sp³-hybridized carbons (Fsp3) is 0.571. The van der Waals surface area contributed by atoms with E-state index in [1.807, 2.05) is 7.05 Å². The van der Waals surface area contributed by atoms with Gasteiger partial charge in [-0.05, 0) is 24.8 Å². The molecule has 0 aromatic carbocycles.